The van der Waals surface area contributed by atoms with Gasteiger partial charge in [-0.2, -0.15) is 0 Å². The molecule has 6 nitrogen and oxygen atoms in total. The molecule has 4 aromatic rings. The maximum absolute atomic E-state index is 6.39. The van der Waals surface area contributed by atoms with Crippen molar-refractivity contribution in [3.8, 4) is 11.5 Å². The third kappa shape index (κ3) is 5.92. The SMILES string of the molecule is CC.Clc1cc2c(c3ncccc13)OCN(C1CCCC1)C2.Clc1cc2c(c3ncccc13)OCN(C1CCCC1)C2. The molecule has 2 aliphatic carbocycles. The second-order valence-corrected chi connectivity index (χ2v) is 12.2. The van der Waals surface area contributed by atoms with Crippen molar-refractivity contribution in [1.29, 1.82) is 0 Å². The number of pyridine rings is 2. The van der Waals surface area contributed by atoms with Crippen molar-refractivity contribution in [2.45, 2.75) is 90.4 Å². The molecule has 2 aromatic heterocycles. The molecule has 0 bridgehead atoms. The van der Waals surface area contributed by atoms with Crippen LogP contribution in [0.2, 0.25) is 10.0 Å². The van der Waals surface area contributed by atoms with Crippen LogP contribution in [0.4, 0.5) is 0 Å². The first-order valence-electron chi connectivity index (χ1n) is 15.5. The van der Waals surface area contributed by atoms with Crippen LogP contribution in [0.1, 0.15) is 76.3 Å². The lowest BCUT2D eigenvalue weighted by Gasteiger charge is -2.33. The summed E-state index contributed by atoms with van der Waals surface area (Å²) in [5.41, 5.74) is 4.11. The van der Waals surface area contributed by atoms with Crippen molar-refractivity contribution in [3.63, 3.8) is 0 Å². The number of benzene rings is 2. The van der Waals surface area contributed by atoms with Crippen LogP contribution < -0.4 is 9.47 Å². The van der Waals surface area contributed by atoms with Gasteiger partial charge in [0.2, 0.25) is 0 Å². The van der Waals surface area contributed by atoms with Gasteiger partial charge in [0.1, 0.15) is 24.5 Å². The number of aromatic nitrogens is 2. The average molecular weight is 608 g/mol. The normalized spacial score (nSPS) is 19.2. The molecule has 0 unspecified atom stereocenters. The Morgan fingerprint density at radius 3 is 1.48 bits per heavy atom. The number of nitrogens with zero attached hydrogens (tertiary/aromatic N) is 4. The summed E-state index contributed by atoms with van der Waals surface area (Å²) in [4.78, 5) is 13.8. The standard InChI is InChI=1S/2C16H17ClN2O.C2H6/c2*17-14-8-11-9-19(12-4-1-2-5-12)10-20-16(11)15-13(14)6-3-7-18-15;1-2/h2*3,6-8,12H,1-2,4-5,9-10H2;1-2H3. The fourth-order valence-electron chi connectivity index (χ4n) is 6.84. The van der Waals surface area contributed by atoms with E-state index in [0.717, 1.165) is 56.4 Å². The third-order valence-corrected chi connectivity index (χ3v) is 9.55. The number of fused-ring (bicyclic) bond motifs is 6. The van der Waals surface area contributed by atoms with E-state index in [0.29, 0.717) is 25.5 Å². The third-order valence-electron chi connectivity index (χ3n) is 8.92. The molecular formula is C34H40Cl2N4O2. The molecular weight excluding hydrogens is 567 g/mol. The number of rotatable bonds is 2. The highest BCUT2D eigenvalue weighted by atomic mass is 35.5. The van der Waals surface area contributed by atoms with Crippen molar-refractivity contribution in [3.05, 3.63) is 70.0 Å². The van der Waals surface area contributed by atoms with Gasteiger partial charge < -0.3 is 9.47 Å². The Bertz CT molecular complexity index is 1420. The molecule has 8 heteroatoms. The molecule has 2 saturated carbocycles. The van der Waals surface area contributed by atoms with Crippen LogP contribution in [0.3, 0.4) is 0 Å². The summed E-state index contributed by atoms with van der Waals surface area (Å²) in [6, 6.07) is 13.2. The Kier molecular flexibility index (Phi) is 9.35. The zero-order valence-corrected chi connectivity index (χ0v) is 26.1. The Labute approximate surface area is 258 Å². The van der Waals surface area contributed by atoms with E-state index >= 15 is 0 Å². The first kappa shape index (κ1) is 29.4. The summed E-state index contributed by atoms with van der Waals surface area (Å²) in [7, 11) is 0. The molecule has 0 N–H and O–H groups in total. The van der Waals surface area contributed by atoms with Gasteiger partial charge in [0.15, 0.2) is 11.5 Å². The first-order valence-corrected chi connectivity index (χ1v) is 16.3. The topological polar surface area (TPSA) is 50.7 Å². The quantitative estimate of drug-likeness (QED) is 0.227. The van der Waals surface area contributed by atoms with E-state index < -0.39 is 0 Å². The molecule has 222 valence electrons. The van der Waals surface area contributed by atoms with Crippen LogP contribution in [0.5, 0.6) is 11.5 Å². The van der Waals surface area contributed by atoms with E-state index in [1.807, 2.05) is 50.2 Å². The highest BCUT2D eigenvalue weighted by Crippen LogP contribution is 2.40. The molecule has 42 heavy (non-hydrogen) atoms. The molecule has 4 heterocycles. The van der Waals surface area contributed by atoms with Crippen LogP contribution in [0, 0.1) is 0 Å². The Hall–Kier alpha value is -2.64. The van der Waals surface area contributed by atoms with Crippen LogP contribution in [-0.2, 0) is 13.1 Å². The fraction of sp³-hybridized carbons (Fsp3) is 0.471. The van der Waals surface area contributed by atoms with Crippen molar-refractivity contribution >= 4 is 45.0 Å². The number of ether oxygens (including phenoxy) is 2. The summed E-state index contributed by atoms with van der Waals surface area (Å²) >= 11 is 12.8. The van der Waals surface area contributed by atoms with Crippen molar-refractivity contribution in [1.82, 2.24) is 19.8 Å². The number of hydrogen-bond acceptors (Lipinski definition) is 6. The first-order chi connectivity index (χ1) is 20.7. The van der Waals surface area contributed by atoms with E-state index in [1.54, 1.807) is 12.4 Å². The van der Waals surface area contributed by atoms with E-state index in [1.165, 1.54) is 62.5 Å². The van der Waals surface area contributed by atoms with Gasteiger partial charge in [-0.15, -0.1) is 0 Å². The van der Waals surface area contributed by atoms with Crippen LogP contribution in [0.25, 0.3) is 21.8 Å². The highest BCUT2D eigenvalue weighted by Gasteiger charge is 2.30. The minimum absolute atomic E-state index is 0.668. The predicted octanol–water partition coefficient (Wildman–Crippen LogP) is 8.99. The maximum Gasteiger partial charge on any atom is 0.152 e. The van der Waals surface area contributed by atoms with Gasteiger partial charge in [-0.25, -0.2) is 0 Å². The van der Waals surface area contributed by atoms with Gasteiger partial charge in [0.25, 0.3) is 0 Å². The second kappa shape index (κ2) is 13.3. The molecule has 0 spiro atoms. The molecule has 0 amide bonds. The zero-order chi connectivity index (χ0) is 29.1. The van der Waals surface area contributed by atoms with Gasteiger partial charge in [0, 0.05) is 59.5 Å². The van der Waals surface area contributed by atoms with Crippen LogP contribution >= 0.6 is 23.2 Å². The zero-order valence-electron chi connectivity index (χ0n) is 24.6. The van der Waals surface area contributed by atoms with Crippen molar-refractivity contribution in [2.24, 2.45) is 0 Å². The van der Waals surface area contributed by atoms with Gasteiger partial charge in [-0.05, 0) is 62.1 Å². The summed E-state index contributed by atoms with van der Waals surface area (Å²) < 4.78 is 12.0. The maximum atomic E-state index is 6.39. The molecule has 2 aromatic carbocycles. The molecule has 0 atom stereocenters. The molecule has 8 rings (SSSR count). The lowest BCUT2D eigenvalue weighted by Crippen LogP contribution is -2.38. The van der Waals surface area contributed by atoms with Crippen LogP contribution in [0.15, 0.2) is 48.8 Å². The molecule has 2 aliphatic heterocycles. The highest BCUT2D eigenvalue weighted by molar-refractivity contribution is 6.36. The lowest BCUT2D eigenvalue weighted by molar-refractivity contribution is 0.0590. The van der Waals surface area contributed by atoms with Gasteiger partial charge in [-0.1, -0.05) is 62.7 Å². The minimum Gasteiger partial charge on any atom is -0.475 e. The molecule has 2 fully saturated rings. The van der Waals surface area contributed by atoms with E-state index in [-0.39, 0.29) is 0 Å². The lowest BCUT2D eigenvalue weighted by atomic mass is 10.1. The number of hydrogen-bond donors (Lipinski definition) is 0. The summed E-state index contributed by atoms with van der Waals surface area (Å²) in [6.07, 6.45) is 14.1. The van der Waals surface area contributed by atoms with E-state index in [4.69, 9.17) is 32.7 Å². The largest absolute Gasteiger partial charge is 0.475 e. The Morgan fingerprint density at radius 1 is 0.667 bits per heavy atom. The van der Waals surface area contributed by atoms with Gasteiger partial charge in [0.05, 0.1) is 10.0 Å². The van der Waals surface area contributed by atoms with Crippen LogP contribution in [-0.4, -0.2) is 45.3 Å². The van der Waals surface area contributed by atoms with Crippen molar-refractivity contribution in [2.75, 3.05) is 13.5 Å². The predicted molar refractivity (Wildman–Crippen MR) is 171 cm³/mol. The molecule has 0 saturated heterocycles. The van der Waals surface area contributed by atoms with E-state index in [2.05, 4.69) is 19.8 Å². The monoisotopic (exact) mass is 606 g/mol. The Balaban J connectivity index is 0.000000142. The second-order valence-electron chi connectivity index (χ2n) is 11.4. The van der Waals surface area contributed by atoms with Gasteiger partial charge in [-0.3, -0.25) is 19.8 Å². The number of halogens is 2. The Morgan fingerprint density at radius 2 is 1.07 bits per heavy atom. The fourth-order valence-corrected chi connectivity index (χ4v) is 7.41. The smallest absolute Gasteiger partial charge is 0.152 e. The summed E-state index contributed by atoms with van der Waals surface area (Å²) in [5.74, 6) is 1.83. The minimum atomic E-state index is 0.668. The molecule has 0 radical (unpaired) electrons. The molecule has 4 aliphatic rings. The van der Waals surface area contributed by atoms with Gasteiger partial charge >= 0.3 is 0 Å². The van der Waals surface area contributed by atoms with E-state index in [9.17, 15) is 0 Å². The summed E-state index contributed by atoms with van der Waals surface area (Å²) in [5, 5.41) is 3.48. The average Bonchev–Trinajstić information content (AvgIpc) is 3.78. The summed E-state index contributed by atoms with van der Waals surface area (Å²) in [6.45, 7) is 7.19. The van der Waals surface area contributed by atoms with Crippen molar-refractivity contribution < 1.29 is 9.47 Å².